The van der Waals surface area contributed by atoms with Crippen LogP contribution >= 0.6 is 11.6 Å². The lowest BCUT2D eigenvalue weighted by molar-refractivity contribution is -0.145. The Morgan fingerprint density at radius 2 is 1.37 bits per heavy atom. The molecule has 0 amide bonds. The van der Waals surface area contributed by atoms with E-state index in [-0.39, 0.29) is 41.6 Å². The second-order valence-corrected chi connectivity index (χ2v) is 11.9. The number of carboxylic acid groups (broad SMARTS) is 1. The SMILES string of the molecule is C=C(C)C(=O)O.C=C(C)CCCC1C2CC3C(=O)OC1C3C2.O=C1OC2C(CCCl)C3CC1C2C3. The molecule has 0 aromatic heterocycles. The van der Waals surface area contributed by atoms with Crippen LogP contribution in [0.2, 0.25) is 0 Å². The fourth-order valence-electron chi connectivity index (χ4n) is 7.72. The quantitative estimate of drug-likeness (QED) is 0.215. The van der Waals surface area contributed by atoms with Gasteiger partial charge in [0.25, 0.3) is 0 Å². The van der Waals surface area contributed by atoms with Gasteiger partial charge in [-0.15, -0.1) is 18.2 Å². The fourth-order valence-corrected chi connectivity index (χ4v) is 7.97. The number of ether oxygens (including phenoxy) is 2. The maximum absolute atomic E-state index is 11.6. The number of hydrogen-bond acceptors (Lipinski definition) is 5. The molecule has 6 aliphatic rings. The molecule has 2 saturated heterocycles. The van der Waals surface area contributed by atoms with Crippen molar-refractivity contribution in [1.82, 2.24) is 0 Å². The summed E-state index contributed by atoms with van der Waals surface area (Å²) in [5.74, 6) is 4.31. The van der Waals surface area contributed by atoms with Crippen LogP contribution in [0.1, 0.15) is 65.2 Å². The molecule has 35 heavy (non-hydrogen) atoms. The zero-order valence-corrected chi connectivity index (χ0v) is 21.7. The number of carbonyl (C=O) groups is 3. The highest BCUT2D eigenvalue weighted by molar-refractivity contribution is 6.17. The molecule has 7 heteroatoms. The molecule has 1 N–H and O–H groups in total. The smallest absolute Gasteiger partial charge is 0.330 e. The lowest BCUT2D eigenvalue weighted by atomic mass is 9.79. The summed E-state index contributed by atoms with van der Waals surface area (Å²) in [6.45, 7) is 10.6. The molecule has 0 aromatic rings. The first-order valence-electron chi connectivity index (χ1n) is 13.1. The molecule has 0 aromatic carbocycles. The van der Waals surface area contributed by atoms with E-state index < -0.39 is 5.97 Å². The molecule has 10 unspecified atom stereocenters. The van der Waals surface area contributed by atoms with Crippen LogP contribution in [-0.2, 0) is 23.9 Å². The van der Waals surface area contributed by atoms with Gasteiger partial charge in [-0.25, -0.2) is 4.79 Å². The average molecular weight is 507 g/mol. The standard InChI is InChI=1S/C14H20O2.C10H13ClO2.C4H6O2/c1-8(2)4-3-5-10-9-6-11-12(7-9)14(15)16-13(10)11;11-2-1-6-5-3-7-8(4-5)10(12)13-9(6)7;1-3(2)4(5)6/h9-13H,1,3-7H2,2H3;5-9H,1-4H2;1H2,2H3,(H,5,6). The summed E-state index contributed by atoms with van der Waals surface area (Å²) >= 11 is 5.75. The summed E-state index contributed by atoms with van der Waals surface area (Å²) in [6.07, 6.45) is 9.73. The number of halogens is 1. The summed E-state index contributed by atoms with van der Waals surface area (Å²) in [7, 11) is 0. The van der Waals surface area contributed by atoms with Crippen LogP contribution in [0.25, 0.3) is 0 Å². The van der Waals surface area contributed by atoms with Crippen molar-refractivity contribution in [2.75, 3.05) is 5.88 Å². The van der Waals surface area contributed by atoms with E-state index in [9.17, 15) is 14.4 Å². The Morgan fingerprint density at radius 1 is 0.914 bits per heavy atom. The Bertz CT molecular complexity index is 871. The highest BCUT2D eigenvalue weighted by atomic mass is 35.5. The van der Waals surface area contributed by atoms with E-state index in [0.29, 0.717) is 29.6 Å². The van der Waals surface area contributed by atoms with E-state index >= 15 is 0 Å². The van der Waals surface area contributed by atoms with Gasteiger partial charge in [-0.3, -0.25) is 9.59 Å². The third kappa shape index (κ3) is 5.19. The van der Waals surface area contributed by atoms with E-state index in [1.165, 1.54) is 38.2 Å². The molecule has 0 spiro atoms. The van der Waals surface area contributed by atoms with Gasteiger partial charge >= 0.3 is 17.9 Å². The highest BCUT2D eigenvalue weighted by Gasteiger charge is 2.62. The summed E-state index contributed by atoms with van der Waals surface area (Å²) in [5, 5.41) is 7.89. The minimum Gasteiger partial charge on any atom is -0.478 e. The Kier molecular flexibility index (Phi) is 7.99. The zero-order chi connectivity index (χ0) is 25.4. The number of rotatable bonds is 7. The summed E-state index contributed by atoms with van der Waals surface area (Å²) in [6, 6.07) is 0. The molecule has 4 saturated carbocycles. The number of hydrogen-bond donors (Lipinski definition) is 1. The molecule has 10 atom stereocenters. The van der Waals surface area contributed by atoms with Gasteiger partial charge < -0.3 is 14.6 Å². The number of aliphatic carboxylic acids is 1. The topological polar surface area (TPSA) is 89.9 Å². The third-order valence-corrected chi connectivity index (χ3v) is 9.47. The highest BCUT2D eigenvalue weighted by Crippen LogP contribution is 2.59. The van der Waals surface area contributed by atoms with E-state index in [2.05, 4.69) is 20.1 Å². The molecule has 6 fully saturated rings. The van der Waals surface area contributed by atoms with Crippen molar-refractivity contribution < 1.29 is 29.0 Å². The Hall–Kier alpha value is -1.82. The van der Waals surface area contributed by atoms with E-state index in [1.54, 1.807) is 0 Å². The number of fused-ring (bicyclic) bond motifs is 2. The van der Waals surface area contributed by atoms with Crippen LogP contribution in [0.15, 0.2) is 24.3 Å². The second kappa shape index (κ2) is 10.7. The summed E-state index contributed by atoms with van der Waals surface area (Å²) in [4.78, 5) is 32.6. The minimum absolute atomic E-state index is 0.0644. The monoisotopic (exact) mass is 506 g/mol. The first kappa shape index (κ1) is 26.2. The molecule has 4 aliphatic carbocycles. The van der Waals surface area contributed by atoms with Crippen LogP contribution in [0.5, 0.6) is 0 Å². The maximum atomic E-state index is 11.6. The lowest BCUT2D eigenvalue weighted by Crippen LogP contribution is -2.27. The van der Waals surface area contributed by atoms with Crippen molar-refractivity contribution in [3.05, 3.63) is 24.3 Å². The summed E-state index contributed by atoms with van der Waals surface area (Å²) < 4.78 is 11.0. The molecular weight excluding hydrogens is 468 g/mol. The largest absolute Gasteiger partial charge is 0.478 e. The molecule has 6 rings (SSSR count). The van der Waals surface area contributed by atoms with E-state index in [4.69, 9.17) is 26.2 Å². The van der Waals surface area contributed by atoms with Gasteiger partial charge in [0.2, 0.25) is 0 Å². The van der Waals surface area contributed by atoms with Gasteiger partial charge in [-0.05, 0) is 83.0 Å². The van der Waals surface area contributed by atoms with Gasteiger partial charge in [-0.2, -0.15) is 0 Å². The van der Waals surface area contributed by atoms with Gasteiger partial charge in [0.1, 0.15) is 12.2 Å². The Labute approximate surface area is 213 Å². The van der Waals surface area contributed by atoms with Crippen molar-refractivity contribution in [2.24, 2.45) is 47.3 Å². The Morgan fingerprint density at radius 3 is 1.77 bits per heavy atom. The normalized spacial score (nSPS) is 40.4. The van der Waals surface area contributed by atoms with Crippen LogP contribution in [0.3, 0.4) is 0 Å². The van der Waals surface area contributed by atoms with E-state index in [0.717, 1.165) is 37.5 Å². The molecular formula is C28H39ClO6. The van der Waals surface area contributed by atoms with Gasteiger partial charge in [-0.1, -0.05) is 12.2 Å². The fraction of sp³-hybridized carbons (Fsp3) is 0.750. The van der Waals surface area contributed by atoms with Gasteiger partial charge in [0.15, 0.2) is 0 Å². The van der Waals surface area contributed by atoms with Gasteiger partial charge in [0.05, 0.1) is 11.8 Å². The van der Waals surface area contributed by atoms with Crippen molar-refractivity contribution in [2.45, 2.75) is 77.4 Å². The van der Waals surface area contributed by atoms with Crippen LogP contribution < -0.4 is 0 Å². The number of carbonyl (C=O) groups excluding carboxylic acids is 2. The molecule has 4 bridgehead atoms. The van der Waals surface area contributed by atoms with Crippen LogP contribution in [0, 0.1) is 47.3 Å². The first-order chi connectivity index (χ1) is 16.6. The molecule has 2 heterocycles. The van der Waals surface area contributed by atoms with Crippen molar-refractivity contribution in [3.63, 3.8) is 0 Å². The predicted octanol–water partition coefficient (Wildman–Crippen LogP) is 5.39. The minimum atomic E-state index is -0.935. The maximum Gasteiger partial charge on any atom is 0.330 e. The second-order valence-electron chi connectivity index (χ2n) is 11.5. The molecule has 6 nitrogen and oxygen atoms in total. The number of carboxylic acids is 1. The lowest BCUT2D eigenvalue weighted by Gasteiger charge is -2.25. The van der Waals surface area contributed by atoms with Crippen molar-refractivity contribution >= 4 is 29.5 Å². The number of alkyl halides is 1. The average Bonchev–Trinajstić information content (AvgIpc) is 3.59. The number of esters is 2. The summed E-state index contributed by atoms with van der Waals surface area (Å²) in [5.41, 5.74) is 1.44. The zero-order valence-electron chi connectivity index (χ0n) is 20.9. The van der Waals surface area contributed by atoms with Crippen molar-refractivity contribution in [3.8, 4) is 0 Å². The predicted molar refractivity (Wildman–Crippen MR) is 133 cm³/mol. The van der Waals surface area contributed by atoms with Crippen molar-refractivity contribution in [1.29, 1.82) is 0 Å². The molecule has 0 radical (unpaired) electrons. The van der Waals surface area contributed by atoms with Crippen LogP contribution in [-0.4, -0.2) is 41.1 Å². The Balaban J connectivity index is 0.000000137. The van der Waals surface area contributed by atoms with Crippen LogP contribution in [0.4, 0.5) is 0 Å². The third-order valence-electron chi connectivity index (χ3n) is 9.25. The molecule has 2 aliphatic heterocycles. The van der Waals surface area contributed by atoms with E-state index in [1.807, 2.05) is 0 Å². The molecule has 194 valence electrons. The first-order valence-corrected chi connectivity index (χ1v) is 13.7. The van der Waals surface area contributed by atoms with Gasteiger partial charge in [0, 0.05) is 29.2 Å². The number of allylic oxidation sites excluding steroid dienone is 1.